The number of H-pyrrole nitrogens is 1. The number of amides is 1. The number of hydrogen-bond donors (Lipinski definition) is 1. The van der Waals surface area contributed by atoms with E-state index in [1.165, 1.54) is 0 Å². The third kappa shape index (κ3) is 3.11. The molecule has 0 saturated carbocycles. The Morgan fingerprint density at radius 3 is 2.83 bits per heavy atom. The number of aromatic nitrogens is 3. The van der Waals surface area contributed by atoms with Crippen LogP contribution < -0.4 is 0 Å². The van der Waals surface area contributed by atoms with Crippen molar-refractivity contribution in [3.8, 4) is 11.4 Å². The molecule has 0 aliphatic carbocycles. The molecule has 3 rings (SSSR count). The molecule has 1 fully saturated rings. The van der Waals surface area contributed by atoms with Crippen molar-refractivity contribution >= 4 is 17.7 Å². The molecule has 7 heteroatoms. The van der Waals surface area contributed by atoms with Crippen molar-refractivity contribution in [2.45, 2.75) is 11.3 Å². The first-order chi connectivity index (χ1) is 11.1. The molecule has 122 valence electrons. The quantitative estimate of drug-likeness (QED) is 0.922. The van der Waals surface area contributed by atoms with Gasteiger partial charge in [0.15, 0.2) is 0 Å². The monoisotopic (exact) mass is 331 g/mol. The lowest BCUT2D eigenvalue weighted by molar-refractivity contribution is 0.0784. The lowest BCUT2D eigenvalue weighted by Gasteiger charge is -2.23. The molecule has 2 unspecified atom stereocenters. The van der Waals surface area contributed by atoms with E-state index < -0.39 is 0 Å². The van der Waals surface area contributed by atoms with Gasteiger partial charge in [-0.15, -0.1) is 0 Å². The van der Waals surface area contributed by atoms with Crippen LogP contribution >= 0.6 is 11.8 Å². The second kappa shape index (κ2) is 6.72. The maximum atomic E-state index is 12.9. The largest absolute Gasteiger partial charge is 0.336 e. The molecule has 2 atom stereocenters. The highest BCUT2D eigenvalue weighted by atomic mass is 32.2. The van der Waals surface area contributed by atoms with Gasteiger partial charge >= 0.3 is 0 Å². The van der Waals surface area contributed by atoms with Gasteiger partial charge in [-0.2, -0.15) is 16.9 Å². The molecule has 2 aromatic heterocycles. The predicted octanol–water partition coefficient (Wildman–Crippen LogP) is 1.59. The fourth-order valence-corrected chi connectivity index (χ4v) is 3.95. The van der Waals surface area contributed by atoms with Crippen molar-refractivity contribution in [3.63, 3.8) is 0 Å². The summed E-state index contributed by atoms with van der Waals surface area (Å²) >= 11 is 1.82. The van der Waals surface area contributed by atoms with Gasteiger partial charge in [-0.1, -0.05) is 6.07 Å². The van der Waals surface area contributed by atoms with E-state index in [0.717, 1.165) is 18.8 Å². The van der Waals surface area contributed by atoms with Crippen molar-refractivity contribution in [1.82, 2.24) is 25.0 Å². The maximum Gasteiger partial charge on any atom is 0.257 e. The average Bonchev–Trinajstić information content (AvgIpc) is 3.22. The molecule has 1 N–H and O–H groups in total. The molecule has 3 heterocycles. The number of pyridine rings is 1. The summed E-state index contributed by atoms with van der Waals surface area (Å²) < 4.78 is 0. The Bertz CT molecular complexity index is 672. The van der Waals surface area contributed by atoms with Gasteiger partial charge in [0, 0.05) is 30.6 Å². The highest BCUT2D eigenvalue weighted by Gasteiger charge is 2.37. The molecule has 0 spiro atoms. The van der Waals surface area contributed by atoms with Crippen molar-refractivity contribution in [2.75, 3.05) is 33.4 Å². The van der Waals surface area contributed by atoms with Crippen LogP contribution in [0.15, 0.2) is 30.6 Å². The molecule has 1 saturated heterocycles. The van der Waals surface area contributed by atoms with Gasteiger partial charge in [0.05, 0.1) is 23.1 Å². The zero-order valence-corrected chi connectivity index (χ0v) is 14.4. The number of carbonyl (C=O) groups excluding carboxylic acids is 1. The van der Waals surface area contributed by atoms with Crippen LogP contribution in [0.5, 0.6) is 0 Å². The standard InChI is InChI=1S/C16H21N5OS/c1-20(2)13-9-21(10-14(13)23-3)16(22)11-8-18-19-15(11)12-6-4-5-7-17-12/h4-8,13-14H,9-10H2,1-3H3,(H,18,19). The van der Waals surface area contributed by atoms with Crippen LogP contribution in [0.25, 0.3) is 11.4 Å². The van der Waals surface area contributed by atoms with Crippen LogP contribution in [0.4, 0.5) is 0 Å². The molecule has 0 bridgehead atoms. The summed E-state index contributed by atoms with van der Waals surface area (Å²) in [7, 11) is 4.14. The number of likely N-dealkylation sites (tertiary alicyclic amines) is 1. The zero-order chi connectivity index (χ0) is 16.4. The summed E-state index contributed by atoms with van der Waals surface area (Å²) in [5.41, 5.74) is 2.01. The number of aromatic amines is 1. The number of nitrogens with zero attached hydrogens (tertiary/aromatic N) is 4. The van der Waals surface area contributed by atoms with Gasteiger partial charge in [-0.25, -0.2) is 0 Å². The normalized spacial score (nSPS) is 21.1. The van der Waals surface area contributed by atoms with Gasteiger partial charge in [-0.3, -0.25) is 14.9 Å². The molecule has 1 aliphatic heterocycles. The maximum absolute atomic E-state index is 12.9. The Balaban J connectivity index is 1.84. The minimum Gasteiger partial charge on any atom is -0.336 e. The van der Waals surface area contributed by atoms with Gasteiger partial charge in [0.25, 0.3) is 5.91 Å². The second-order valence-electron chi connectivity index (χ2n) is 5.89. The summed E-state index contributed by atoms with van der Waals surface area (Å²) in [6.45, 7) is 1.50. The van der Waals surface area contributed by atoms with Gasteiger partial charge < -0.3 is 9.80 Å². The van der Waals surface area contributed by atoms with Crippen LogP contribution in [0, 0.1) is 0 Å². The third-order valence-electron chi connectivity index (χ3n) is 4.28. The first kappa shape index (κ1) is 16.0. The Kier molecular flexibility index (Phi) is 4.68. The molecular weight excluding hydrogens is 310 g/mol. The van der Waals surface area contributed by atoms with Crippen LogP contribution in [-0.4, -0.2) is 75.6 Å². The molecule has 2 aromatic rings. The first-order valence-electron chi connectivity index (χ1n) is 7.55. The fraction of sp³-hybridized carbons (Fsp3) is 0.438. The number of nitrogens with one attached hydrogen (secondary N) is 1. The van der Waals surface area contributed by atoms with Crippen molar-refractivity contribution in [3.05, 3.63) is 36.2 Å². The molecule has 0 radical (unpaired) electrons. The lowest BCUT2D eigenvalue weighted by Crippen LogP contribution is -2.37. The highest BCUT2D eigenvalue weighted by Crippen LogP contribution is 2.27. The van der Waals surface area contributed by atoms with Crippen LogP contribution in [0.2, 0.25) is 0 Å². The van der Waals surface area contributed by atoms with Gasteiger partial charge in [-0.05, 0) is 32.5 Å². The summed E-state index contributed by atoms with van der Waals surface area (Å²) in [5.74, 6) is 0.0165. The summed E-state index contributed by atoms with van der Waals surface area (Å²) in [5, 5.41) is 7.40. The number of hydrogen-bond acceptors (Lipinski definition) is 5. The van der Waals surface area contributed by atoms with Crippen molar-refractivity contribution in [1.29, 1.82) is 0 Å². The highest BCUT2D eigenvalue weighted by molar-refractivity contribution is 7.99. The molecule has 6 nitrogen and oxygen atoms in total. The van der Waals surface area contributed by atoms with Crippen molar-refractivity contribution in [2.24, 2.45) is 0 Å². The summed E-state index contributed by atoms with van der Waals surface area (Å²) in [6.07, 6.45) is 5.42. The molecule has 1 aliphatic rings. The first-order valence-corrected chi connectivity index (χ1v) is 8.84. The average molecular weight is 331 g/mol. The number of likely N-dealkylation sites (N-methyl/N-ethyl adjacent to an activating group) is 1. The Morgan fingerprint density at radius 2 is 2.22 bits per heavy atom. The molecule has 1 amide bonds. The molecule has 23 heavy (non-hydrogen) atoms. The summed E-state index contributed by atoms with van der Waals surface area (Å²) in [6, 6.07) is 6.01. The number of thioether (sulfide) groups is 1. The van der Waals surface area contributed by atoms with E-state index in [2.05, 4.69) is 40.4 Å². The third-order valence-corrected chi connectivity index (χ3v) is 5.35. The zero-order valence-electron chi connectivity index (χ0n) is 13.6. The van der Waals surface area contributed by atoms with E-state index in [1.807, 2.05) is 34.9 Å². The van der Waals surface area contributed by atoms with E-state index in [-0.39, 0.29) is 5.91 Å². The predicted molar refractivity (Wildman–Crippen MR) is 92.5 cm³/mol. The Morgan fingerprint density at radius 1 is 1.39 bits per heavy atom. The van der Waals surface area contributed by atoms with Crippen LogP contribution in [0.1, 0.15) is 10.4 Å². The topological polar surface area (TPSA) is 65.1 Å². The summed E-state index contributed by atoms with van der Waals surface area (Å²) in [4.78, 5) is 21.4. The minimum atomic E-state index is 0.0165. The number of rotatable bonds is 4. The number of carbonyl (C=O) groups is 1. The SMILES string of the molecule is CSC1CN(C(=O)c2cn[nH]c2-c2ccccn2)CC1N(C)C. The van der Waals surface area contributed by atoms with Gasteiger partial charge in [0.1, 0.15) is 0 Å². The van der Waals surface area contributed by atoms with E-state index in [9.17, 15) is 4.79 Å². The second-order valence-corrected chi connectivity index (χ2v) is 6.97. The fourth-order valence-electron chi connectivity index (χ4n) is 2.97. The minimum absolute atomic E-state index is 0.0165. The molecule has 0 aromatic carbocycles. The lowest BCUT2D eigenvalue weighted by atomic mass is 10.1. The molecular formula is C16H21N5OS. The smallest absolute Gasteiger partial charge is 0.257 e. The Labute approximate surface area is 140 Å². The van der Waals surface area contributed by atoms with E-state index in [4.69, 9.17) is 0 Å². The van der Waals surface area contributed by atoms with Crippen molar-refractivity contribution < 1.29 is 4.79 Å². The van der Waals surface area contributed by atoms with E-state index >= 15 is 0 Å². The van der Waals surface area contributed by atoms with Gasteiger partial charge in [0.2, 0.25) is 0 Å². The Hall–Kier alpha value is -1.86. The van der Waals surface area contributed by atoms with E-state index in [0.29, 0.717) is 22.5 Å². The van der Waals surface area contributed by atoms with Crippen LogP contribution in [0.3, 0.4) is 0 Å². The van der Waals surface area contributed by atoms with E-state index in [1.54, 1.807) is 12.4 Å². The van der Waals surface area contributed by atoms with Crippen LogP contribution in [-0.2, 0) is 0 Å².